The molecule has 2 N–H and O–H groups in total. The van der Waals surface area contributed by atoms with Crippen molar-refractivity contribution in [1.29, 1.82) is 0 Å². The average Bonchev–Trinajstić information content (AvgIpc) is 3.41. The zero-order chi connectivity index (χ0) is 26.5. The highest BCUT2D eigenvalue weighted by molar-refractivity contribution is 7.95. The number of benzene rings is 3. The van der Waals surface area contributed by atoms with Gasteiger partial charge >= 0.3 is 5.97 Å². The summed E-state index contributed by atoms with van der Waals surface area (Å²) in [6.07, 6.45) is 0. The zero-order valence-electron chi connectivity index (χ0n) is 19.1. The molecule has 0 saturated heterocycles. The third kappa shape index (κ3) is 6.47. The molecule has 1 aromatic heterocycles. The average molecular weight is 560 g/mol. The number of carbonyl (C=O) groups is 1. The Bertz CT molecular complexity index is 1580. The minimum Gasteiger partial charge on any atom is -0.490 e. The quantitative estimate of drug-likeness (QED) is 0.256. The van der Waals surface area contributed by atoms with Crippen molar-refractivity contribution in [2.75, 3.05) is 17.9 Å². The second-order valence-corrected chi connectivity index (χ2v) is 12.3. The van der Waals surface area contributed by atoms with Gasteiger partial charge in [0.05, 0.1) is 15.4 Å². The lowest BCUT2D eigenvalue weighted by Crippen LogP contribution is -2.12. The number of hydrogen-bond acceptors (Lipinski definition) is 8. The number of hydrogen-bond donors (Lipinski definition) is 2. The van der Waals surface area contributed by atoms with Gasteiger partial charge < -0.3 is 14.6 Å². The topological polar surface area (TPSA) is 136 Å². The van der Waals surface area contributed by atoms with Crippen LogP contribution in [0.2, 0.25) is 0 Å². The van der Waals surface area contributed by atoms with Gasteiger partial charge in [-0.3, -0.25) is 4.72 Å². The van der Waals surface area contributed by atoms with Crippen LogP contribution in [-0.2, 0) is 19.9 Å². The van der Waals surface area contributed by atoms with Gasteiger partial charge in [-0.05, 0) is 66.7 Å². The third-order valence-electron chi connectivity index (χ3n) is 5.01. The van der Waals surface area contributed by atoms with Crippen molar-refractivity contribution in [1.82, 2.24) is 0 Å². The van der Waals surface area contributed by atoms with Crippen molar-refractivity contribution in [3.8, 4) is 11.5 Å². The van der Waals surface area contributed by atoms with E-state index in [0.717, 1.165) is 17.4 Å². The van der Waals surface area contributed by atoms with E-state index in [1.165, 1.54) is 41.8 Å². The molecule has 12 heteroatoms. The van der Waals surface area contributed by atoms with Crippen molar-refractivity contribution < 1.29 is 36.2 Å². The first-order chi connectivity index (χ1) is 17.6. The van der Waals surface area contributed by atoms with Crippen LogP contribution in [0.1, 0.15) is 10.4 Å². The first-order valence-electron chi connectivity index (χ1n) is 10.8. The summed E-state index contributed by atoms with van der Waals surface area (Å²) in [6.45, 7) is 0.424. The van der Waals surface area contributed by atoms with Crippen LogP contribution in [-0.4, -0.2) is 41.1 Å². The Hall–Kier alpha value is -3.87. The summed E-state index contributed by atoms with van der Waals surface area (Å²) in [6, 6.07) is 21.1. The van der Waals surface area contributed by atoms with E-state index in [4.69, 9.17) is 14.6 Å². The predicted octanol–water partition coefficient (Wildman–Crippen LogP) is 4.54. The van der Waals surface area contributed by atoms with Crippen molar-refractivity contribution in [2.45, 2.75) is 14.0 Å². The molecule has 37 heavy (non-hydrogen) atoms. The lowest BCUT2D eigenvalue weighted by Gasteiger charge is -2.10. The summed E-state index contributed by atoms with van der Waals surface area (Å²) in [5.74, 6) is -0.0245. The van der Waals surface area contributed by atoms with E-state index < -0.39 is 25.8 Å². The summed E-state index contributed by atoms with van der Waals surface area (Å²) in [4.78, 5) is 10.9. The van der Waals surface area contributed by atoms with Gasteiger partial charge in [-0.2, -0.15) is 0 Å². The molecular weight excluding hydrogens is 538 g/mol. The van der Waals surface area contributed by atoms with Crippen LogP contribution >= 0.6 is 11.3 Å². The Morgan fingerprint density at radius 1 is 0.784 bits per heavy atom. The Morgan fingerprint density at radius 3 is 1.92 bits per heavy atom. The Balaban J connectivity index is 1.32. The molecule has 4 rings (SSSR count). The van der Waals surface area contributed by atoms with E-state index >= 15 is 0 Å². The molecule has 9 nitrogen and oxygen atoms in total. The first kappa shape index (κ1) is 26.2. The van der Waals surface area contributed by atoms with E-state index in [9.17, 15) is 21.6 Å². The Kier molecular flexibility index (Phi) is 7.81. The lowest BCUT2D eigenvalue weighted by atomic mass is 10.2. The summed E-state index contributed by atoms with van der Waals surface area (Å²) >= 11 is 0.817. The maximum atomic E-state index is 12.8. The number of carboxylic acids is 1. The summed E-state index contributed by atoms with van der Waals surface area (Å²) < 4.78 is 64.5. The molecule has 0 spiro atoms. The van der Waals surface area contributed by atoms with Gasteiger partial charge in [-0.1, -0.05) is 18.2 Å². The van der Waals surface area contributed by atoms with Gasteiger partial charge in [0.25, 0.3) is 10.0 Å². The van der Waals surface area contributed by atoms with Crippen LogP contribution < -0.4 is 14.2 Å². The van der Waals surface area contributed by atoms with Crippen molar-refractivity contribution in [2.24, 2.45) is 0 Å². The molecular formula is C25H21NO8S3. The van der Waals surface area contributed by atoms with Gasteiger partial charge in [-0.15, -0.1) is 11.3 Å². The minimum absolute atomic E-state index is 0.0850. The molecule has 1 heterocycles. The Morgan fingerprint density at radius 2 is 1.35 bits per heavy atom. The highest BCUT2D eigenvalue weighted by atomic mass is 32.2. The number of anilines is 1. The fourth-order valence-corrected chi connectivity index (χ4v) is 7.12. The largest absolute Gasteiger partial charge is 0.490 e. The summed E-state index contributed by atoms with van der Waals surface area (Å²) in [7, 11) is -7.82. The van der Waals surface area contributed by atoms with Crippen LogP contribution in [0.15, 0.2) is 104 Å². The van der Waals surface area contributed by atoms with Gasteiger partial charge in [0.15, 0.2) is 0 Å². The number of sulfonamides is 1. The molecule has 0 fully saturated rings. The molecule has 0 aliphatic heterocycles. The zero-order valence-corrected chi connectivity index (χ0v) is 21.6. The molecule has 0 atom stereocenters. The molecule has 4 aromatic rings. The number of rotatable bonds is 11. The van der Waals surface area contributed by atoms with Crippen molar-refractivity contribution in [3.63, 3.8) is 0 Å². The van der Waals surface area contributed by atoms with E-state index in [1.807, 2.05) is 0 Å². The summed E-state index contributed by atoms with van der Waals surface area (Å²) in [5.41, 5.74) is 0.444. The van der Waals surface area contributed by atoms with Crippen LogP contribution in [0.5, 0.6) is 11.5 Å². The van der Waals surface area contributed by atoms with Crippen LogP contribution in [0.4, 0.5) is 5.69 Å². The first-order valence-corrected chi connectivity index (χ1v) is 14.6. The molecule has 0 unspecified atom stereocenters. The lowest BCUT2D eigenvalue weighted by molar-refractivity contribution is 0.0696. The fraction of sp³-hybridized carbons (Fsp3) is 0.0800. The van der Waals surface area contributed by atoms with Gasteiger partial charge in [0.2, 0.25) is 9.84 Å². The molecule has 0 bridgehead atoms. The molecule has 0 amide bonds. The smallest absolute Gasteiger partial charge is 0.335 e. The molecule has 0 aliphatic rings. The number of carboxylic acid groups (broad SMARTS) is 1. The fourth-order valence-electron chi connectivity index (χ4n) is 3.16. The molecule has 0 saturated carbocycles. The maximum absolute atomic E-state index is 12.8. The molecule has 0 aliphatic carbocycles. The van der Waals surface area contributed by atoms with E-state index in [0.29, 0.717) is 11.5 Å². The van der Waals surface area contributed by atoms with Gasteiger partial charge in [0.1, 0.15) is 28.9 Å². The SMILES string of the molecule is O=C(O)c1ccc(OCCOc2ccc(NS(=O)(=O)c3cc(S(=O)(=O)c4ccccc4)cs3)cc2)cc1. The maximum Gasteiger partial charge on any atom is 0.335 e. The molecule has 3 aromatic carbocycles. The normalized spacial score (nSPS) is 11.6. The van der Waals surface area contributed by atoms with Crippen LogP contribution in [0, 0.1) is 0 Å². The standard InChI is InChI=1S/C25H21NO8S3/c27-25(28)18-6-10-20(11-7-18)33-14-15-34-21-12-8-19(9-13-21)26-37(31,32)24-16-23(17-35-24)36(29,30)22-4-2-1-3-5-22/h1-13,16-17,26H,14-15H2,(H,27,28). The highest BCUT2D eigenvalue weighted by Gasteiger charge is 2.24. The summed E-state index contributed by atoms with van der Waals surface area (Å²) in [5, 5.41) is 10.2. The van der Waals surface area contributed by atoms with E-state index in [2.05, 4.69) is 4.72 Å². The molecule has 0 radical (unpaired) electrons. The second-order valence-electron chi connectivity index (χ2n) is 7.57. The van der Waals surface area contributed by atoms with Crippen molar-refractivity contribution in [3.05, 3.63) is 95.9 Å². The monoisotopic (exact) mass is 559 g/mol. The number of nitrogens with one attached hydrogen (secondary N) is 1. The number of aromatic carboxylic acids is 1. The van der Waals surface area contributed by atoms with E-state index in [-0.39, 0.29) is 38.5 Å². The van der Waals surface area contributed by atoms with E-state index in [1.54, 1.807) is 42.5 Å². The molecule has 192 valence electrons. The van der Waals surface area contributed by atoms with Crippen molar-refractivity contribution >= 4 is 42.9 Å². The number of ether oxygens (including phenoxy) is 2. The predicted molar refractivity (Wildman–Crippen MR) is 138 cm³/mol. The van der Waals surface area contributed by atoms with Crippen LogP contribution in [0.3, 0.4) is 0 Å². The Labute approximate surface area is 217 Å². The second kappa shape index (κ2) is 11.0. The van der Waals surface area contributed by atoms with Gasteiger partial charge in [0, 0.05) is 11.1 Å². The highest BCUT2D eigenvalue weighted by Crippen LogP contribution is 2.29. The number of thiophene rings is 1. The third-order valence-corrected chi connectivity index (χ3v) is 9.73. The van der Waals surface area contributed by atoms with Crippen LogP contribution in [0.25, 0.3) is 0 Å². The van der Waals surface area contributed by atoms with Gasteiger partial charge in [-0.25, -0.2) is 21.6 Å². The minimum atomic E-state index is -4.00. The number of sulfone groups is 1.